The zero-order valence-electron chi connectivity index (χ0n) is 22.0. The lowest BCUT2D eigenvalue weighted by molar-refractivity contribution is -0.322. The summed E-state index contributed by atoms with van der Waals surface area (Å²) in [4.78, 5) is 20.1. The number of aliphatic hydroxyl groups is 5. The maximum atomic E-state index is 11.6. The number of carbonyl (C=O) groups is 1. The molecule has 0 unspecified atom stereocenters. The molecule has 1 heterocycles. The van der Waals surface area contributed by atoms with Gasteiger partial charge in [0.2, 0.25) is 0 Å². The van der Waals surface area contributed by atoms with Gasteiger partial charge in [-0.3, -0.25) is 14.8 Å². The van der Waals surface area contributed by atoms with E-state index in [4.69, 9.17) is 18.9 Å². The van der Waals surface area contributed by atoms with Gasteiger partial charge in [-0.2, -0.15) is 0 Å². The van der Waals surface area contributed by atoms with Crippen LogP contribution >= 0.6 is 0 Å². The molecule has 2 aromatic rings. The Morgan fingerprint density at radius 2 is 1.50 bits per heavy atom. The topological polar surface area (TPSA) is 180 Å². The minimum Gasteiger partial charge on any atom is -0.457 e. The van der Waals surface area contributed by atoms with Crippen molar-refractivity contribution in [2.45, 2.75) is 56.1 Å². The molecule has 12 heteroatoms. The number of aliphatic hydroxyl groups excluding tert-OH is 5. The first-order valence-electron chi connectivity index (χ1n) is 12.8. The summed E-state index contributed by atoms with van der Waals surface area (Å²) in [5.41, 5.74) is 1.63. The number of esters is 1. The standard InChI is InChI=1S/C28H36N2O10/c1-18(33)37-27-25(35)23(17-32)40-28(26(27)36)39-21(14-29-12-19-8-4-2-5-9-19)22(16-31)38-24(34)15-30-13-20-10-6-3-7-11-20/h2-13,21-28,31-32,34-36H,14-17H2,1H3/t21-,22-,23+,24+,25+,26+,27-,28+/m1/s1. The zero-order valence-corrected chi connectivity index (χ0v) is 22.0. The fraction of sp³-hybridized carbons (Fsp3) is 0.464. The molecule has 3 rings (SSSR count). The van der Waals surface area contributed by atoms with Crippen LogP contribution in [0.25, 0.3) is 0 Å². The molecular weight excluding hydrogens is 524 g/mol. The summed E-state index contributed by atoms with van der Waals surface area (Å²) in [6, 6.07) is 18.4. The molecule has 2 aromatic carbocycles. The van der Waals surface area contributed by atoms with Crippen LogP contribution in [0, 0.1) is 0 Å². The molecule has 0 radical (unpaired) electrons. The van der Waals surface area contributed by atoms with Gasteiger partial charge in [0.05, 0.1) is 26.3 Å². The van der Waals surface area contributed by atoms with Gasteiger partial charge in [0.1, 0.15) is 30.5 Å². The predicted molar refractivity (Wildman–Crippen MR) is 144 cm³/mol. The number of benzene rings is 2. The van der Waals surface area contributed by atoms with Crippen LogP contribution in [0.5, 0.6) is 0 Å². The highest BCUT2D eigenvalue weighted by Gasteiger charge is 2.48. The molecule has 0 spiro atoms. The van der Waals surface area contributed by atoms with Gasteiger partial charge in [-0.05, 0) is 11.1 Å². The van der Waals surface area contributed by atoms with Crippen LogP contribution in [-0.2, 0) is 23.7 Å². The molecule has 8 atom stereocenters. The Morgan fingerprint density at radius 1 is 0.925 bits per heavy atom. The van der Waals surface area contributed by atoms with E-state index < -0.39 is 68.4 Å². The van der Waals surface area contributed by atoms with E-state index in [1.807, 2.05) is 60.7 Å². The third kappa shape index (κ3) is 9.54. The second kappa shape index (κ2) is 16.3. The second-order valence-corrected chi connectivity index (χ2v) is 9.08. The van der Waals surface area contributed by atoms with Crippen molar-refractivity contribution >= 4 is 18.4 Å². The Hall–Kier alpha value is -3.07. The van der Waals surface area contributed by atoms with Gasteiger partial charge in [-0.25, -0.2) is 0 Å². The number of hydrogen-bond acceptors (Lipinski definition) is 12. The van der Waals surface area contributed by atoms with Gasteiger partial charge in [0, 0.05) is 19.4 Å². The van der Waals surface area contributed by atoms with Crippen LogP contribution in [0.1, 0.15) is 18.1 Å². The zero-order chi connectivity index (χ0) is 28.9. The number of ether oxygens (including phenoxy) is 4. The molecule has 1 fully saturated rings. The lowest BCUT2D eigenvalue weighted by Gasteiger charge is -2.42. The van der Waals surface area contributed by atoms with E-state index in [-0.39, 0.29) is 13.1 Å². The highest BCUT2D eigenvalue weighted by Crippen LogP contribution is 2.26. The SMILES string of the molecule is CC(=O)O[C@H]1[C@H](O)[C@@H](O[C@H](CN=Cc2ccccc2)[C@@H](CO)O[C@H](O)CN=Cc2ccccc2)O[C@@H](CO)[C@@H]1O. The normalized spacial score (nSPS) is 25.6. The molecule has 40 heavy (non-hydrogen) atoms. The minimum absolute atomic E-state index is 0.0999. The number of aliphatic imine (C=N–C) groups is 2. The van der Waals surface area contributed by atoms with E-state index in [9.17, 15) is 30.3 Å². The predicted octanol–water partition coefficient (Wildman–Crippen LogP) is -0.324. The van der Waals surface area contributed by atoms with Gasteiger partial charge in [-0.1, -0.05) is 60.7 Å². The van der Waals surface area contributed by atoms with Crippen LogP contribution in [0.4, 0.5) is 0 Å². The van der Waals surface area contributed by atoms with Crippen molar-refractivity contribution in [3.05, 3.63) is 71.8 Å². The molecule has 12 nitrogen and oxygen atoms in total. The molecule has 0 amide bonds. The van der Waals surface area contributed by atoms with Crippen LogP contribution < -0.4 is 0 Å². The summed E-state index contributed by atoms with van der Waals surface area (Å²) >= 11 is 0. The van der Waals surface area contributed by atoms with Gasteiger partial charge in [0.15, 0.2) is 18.7 Å². The van der Waals surface area contributed by atoms with Crippen molar-refractivity contribution in [3.8, 4) is 0 Å². The lowest BCUT2D eigenvalue weighted by atomic mass is 9.99. The molecule has 1 aliphatic heterocycles. The summed E-state index contributed by atoms with van der Waals surface area (Å²) in [6.07, 6.45) is -7.89. The van der Waals surface area contributed by atoms with E-state index in [0.717, 1.165) is 18.1 Å². The quantitative estimate of drug-likeness (QED) is 0.117. The highest BCUT2D eigenvalue weighted by atomic mass is 16.7. The van der Waals surface area contributed by atoms with Crippen molar-refractivity contribution in [1.82, 2.24) is 0 Å². The Kier molecular flexibility index (Phi) is 12.8. The largest absolute Gasteiger partial charge is 0.457 e. The van der Waals surface area contributed by atoms with E-state index in [0.29, 0.717) is 0 Å². The average Bonchev–Trinajstić information content (AvgIpc) is 2.95. The molecule has 0 saturated carbocycles. The molecule has 0 bridgehead atoms. The Bertz CT molecular complexity index is 1070. The van der Waals surface area contributed by atoms with Crippen molar-refractivity contribution in [1.29, 1.82) is 0 Å². The van der Waals surface area contributed by atoms with Crippen molar-refractivity contribution in [2.75, 3.05) is 26.3 Å². The van der Waals surface area contributed by atoms with Crippen LogP contribution in [0.2, 0.25) is 0 Å². The molecule has 5 N–H and O–H groups in total. The van der Waals surface area contributed by atoms with E-state index >= 15 is 0 Å². The Morgan fingerprint density at radius 3 is 2.02 bits per heavy atom. The maximum absolute atomic E-state index is 11.6. The average molecular weight is 561 g/mol. The van der Waals surface area contributed by atoms with Crippen molar-refractivity contribution in [3.63, 3.8) is 0 Å². The second-order valence-electron chi connectivity index (χ2n) is 9.08. The Labute approximate surface area is 232 Å². The summed E-state index contributed by atoms with van der Waals surface area (Å²) in [6.45, 7) is -0.386. The third-order valence-electron chi connectivity index (χ3n) is 5.99. The van der Waals surface area contributed by atoms with Gasteiger partial charge >= 0.3 is 5.97 Å². The molecule has 1 saturated heterocycles. The third-order valence-corrected chi connectivity index (χ3v) is 5.99. The van der Waals surface area contributed by atoms with Crippen molar-refractivity contribution in [2.24, 2.45) is 9.98 Å². The van der Waals surface area contributed by atoms with Crippen LogP contribution in [-0.4, -0.2) is 119 Å². The summed E-state index contributed by atoms with van der Waals surface area (Å²) in [7, 11) is 0. The molecule has 1 aliphatic rings. The maximum Gasteiger partial charge on any atom is 0.303 e. The summed E-state index contributed by atoms with van der Waals surface area (Å²) in [5, 5.41) is 51.4. The van der Waals surface area contributed by atoms with E-state index in [1.165, 1.54) is 0 Å². The van der Waals surface area contributed by atoms with Crippen molar-refractivity contribution < 1.29 is 49.3 Å². The fourth-order valence-electron chi connectivity index (χ4n) is 4.00. The first-order chi connectivity index (χ1) is 19.3. The van der Waals surface area contributed by atoms with Crippen LogP contribution in [0.15, 0.2) is 70.6 Å². The monoisotopic (exact) mass is 560 g/mol. The highest BCUT2D eigenvalue weighted by molar-refractivity contribution is 5.79. The number of carbonyl (C=O) groups excluding carboxylic acids is 1. The minimum atomic E-state index is -1.65. The van der Waals surface area contributed by atoms with E-state index in [2.05, 4.69) is 9.98 Å². The molecule has 218 valence electrons. The molecular formula is C28H36N2O10. The van der Waals surface area contributed by atoms with E-state index in [1.54, 1.807) is 12.4 Å². The van der Waals surface area contributed by atoms with Crippen LogP contribution in [0.3, 0.4) is 0 Å². The lowest BCUT2D eigenvalue weighted by Crippen LogP contribution is -2.61. The number of rotatable bonds is 14. The van der Waals surface area contributed by atoms with Gasteiger partial charge in [-0.15, -0.1) is 0 Å². The molecule has 0 aromatic heterocycles. The Balaban J connectivity index is 1.75. The first kappa shape index (κ1) is 31.5. The number of nitrogens with zero attached hydrogens (tertiary/aromatic N) is 2. The summed E-state index contributed by atoms with van der Waals surface area (Å²) < 4.78 is 22.1. The summed E-state index contributed by atoms with van der Waals surface area (Å²) in [5.74, 6) is -0.764. The smallest absolute Gasteiger partial charge is 0.303 e. The molecule has 0 aliphatic carbocycles. The van der Waals surface area contributed by atoms with Gasteiger partial charge in [0.25, 0.3) is 0 Å². The van der Waals surface area contributed by atoms with Gasteiger partial charge < -0.3 is 44.5 Å². The first-order valence-corrected chi connectivity index (χ1v) is 12.8. The fourth-order valence-corrected chi connectivity index (χ4v) is 4.00. The number of hydrogen-bond donors (Lipinski definition) is 5.